The number of ether oxygens (including phenoxy) is 4. The summed E-state index contributed by atoms with van der Waals surface area (Å²) in [5.74, 6) is 1.95. The lowest BCUT2D eigenvalue weighted by Gasteiger charge is -2.22. The van der Waals surface area contributed by atoms with Gasteiger partial charge in [-0.3, -0.25) is 4.79 Å². The second-order valence-electron chi connectivity index (χ2n) is 10.9. The summed E-state index contributed by atoms with van der Waals surface area (Å²) < 4.78 is 51.4. The number of rotatable bonds is 13. The molecule has 5 rings (SSSR count). The Labute approximate surface area is 264 Å². The molecule has 0 spiro atoms. The highest BCUT2D eigenvalue weighted by atomic mass is 32.2. The topological polar surface area (TPSA) is 103 Å². The summed E-state index contributed by atoms with van der Waals surface area (Å²) in [6.45, 7) is 3.57. The Bertz CT molecular complexity index is 1750. The van der Waals surface area contributed by atoms with Gasteiger partial charge < -0.3 is 23.8 Å². The number of aryl methyl sites for hydroxylation is 1. The molecule has 10 heteroatoms. The summed E-state index contributed by atoms with van der Waals surface area (Å²) in [6, 6.07) is 24.7. The van der Waals surface area contributed by atoms with Crippen molar-refractivity contribution in [3.63, 3.8) is 0 Å². The van der Waals surface area contributed by atoms with Crippen molar-refractivity contribution in [2.24, 2.45) is 0 Å². The molecule has 0 atom stereocenters. The summed E-state index contributed by atoms with van der Waals surface area (Å²) >= 11 is 0. The van der Waals surface area contributed by atoms with Crippen molar-refractivity contribution in [1.29, 1.82) is 0 Å². The van der Waals surface area contributed by atoms with Gasteiger partial charge in [-0.2, -0.15) is 0 Å². The van der Waals surface area contributed by atoms with E-state index in [1.165, 1.54) is 17.7 Å². The zero-order valence-electron chi connectivity index (χ0n) is 26.0. The predicted octanol–water partition coefficient (Wildman–Crippen LogP) is 5.52. The van der Waals surface area contributed by atoms with E-state index < -0.39 is 10.0 Å². The first-order valence-corrected chi connectivity index (χ1v) is 16.2. The highest BCUT2D eigenvalue weighted by molar-refractivity contribution is 7.89. The number of hydrogen-bond donors (Lipinski definition) is 1. The molecule has 0 fully saturated rings. The smallest absolute Gasteiger partial charge is 0.311 e. The maximum Gasteiger partial charge on any atom is 0.311 e. The van der Waals surface area contributed by atoms with E-state index in [1.54, 1.807) is 20.3 Å². The van der Waals surface area contributed by atoms with Crippen molar-refractivity contribution in [2.75, 3.05) is 34.4 Å². The Kier molecular flexibility index (Phi) is 10.1. The molecule has 1 aliphatic heterocycles. The van der Waals surface area contributed by atoms with Gasteiger partial charge >= 0.3 is 5.97 Å². The average molecular weight is 631 g/mol. The molecule has 0 radical (unpaired) electrons. The maximum absolute atomic E-state index is 12.9. The van der Waals surface area contributed by atoms with E-state index >= 15 is 0 Å². The van der Waals surface area contributed by atoms with Gasteiger partial charge in [0.2, 0.25) is 10.0 Å². The number of fused-ring (bicyclic) bond motifs is 1. The maximum atomic E-state index is 12.9. The van der Waals surface area contributed by atoms with Crippen LogP contribution in [0.2, 0.25) is 0 Å². The van der Waals surface area contributed by atoms with Crippen LogP contribution in [0.25, 0.3) is 11.1 Å². The van der Waals surface area contributed by atoms with Crippen molar-refractivity contribution in [2.45, 2.75) is 37.8 Å². The largest absolute Gasteiger partial charge is 0.496 e. The van der Waals surface area contributed by atoms with Crippen LogP contribution in [0.4, 0.5) is 0 Å². The number of methoxy groups -OCH3 is 2. The minimum atomic E-state index is -3.74. The number of sulfonamides is 1. The first-order valence-electron chi connectivity index (χ1n) is 14.7. The predicted molar refractivity (Wildman–Crippen MR) is 172 cm³/mol. The Morgan fingerprint density at radius 3 is 2.36 bits per heavy atom. The molecular formula is C35H38N2O7S. The Morgan fingerprint density at radius 2 is 1.64 bits per heavy atom. The zero-order valence-corrected chi connectivity index (χ0v) is 26.8. The summed E-state index contributed by atoms with van der Waals surface area (Å²) in [5, 5.41) is 0. The van der Waals surface area contributed by atoms with Gasteiger partial charge in [0.15, 0.2) is 0 Å². The quantitative estimate of drug-likeness (QED) is 0.152. The fraction of sp³-hybridized carbons (Fsp3) is 0.286. The molecule has 0 aliphatic carbocycles. The molecule has 0 bridgehead atoms. The van der Waals surface area contributed by atoms with Gasteiger partial charge in [-0.05, 0) is 66.4 Å². The van der Waals surface area contributed by atoms with E-state index in [9.17, 15) is 13.2 Å². The van der Waals surface area contributed by atoms with Crippen molar-refractivity contribution in [3.05, 3.63) is 101 Å². The van der Waals surface area contributed by atoms with Gasteiger partial charge in [0.1, 0.15) is 29.6 Å². The summed E-state index contributed by atoms with van der Waals surface area (Å²) in [4.78, 5) is 13.6. The van der Waals surface area contributed by atoms with E-state index in [0.717, 1.165) is 22.3 Å². The molecule has 0 unspecified atom stereocenters. The summed E-state index contributed by atoms with van der Waals surface area (Å²) in [5.41, 5.74) is 6.10. The van der Waals surface area contributed by atoms with Crippen LogP contribution in [0.1, 0.15) is 28.7 Å². The summed E-state index contributed by atoms with van der Waals surface area (Å²) in [7, 11) is 1.36. The van der Waals surface area contributed by atoms with Crippen LogP contribution in [0.3, 0.4) is 0 Å². The minimum Gasteiger partial charge on any atom is -0.496 e. The molecule has 0 aromatic heterocycles. The SMILES string of the molecule is COc1cc(OCc2cccc(-c3ccccc3)c2C)cc(OC)c1CN(C)CCNS(=O)(=O)c1ccc2c(c1)CCC(=O)O2. The number of nitrogens with zero attached hydrogens (tertiary/aromatic N) is 1. The second-order valence-corrected chi connectivity index (χ2v) is 12.7. The minimum absolute atomic E-state index is 0.141. The fourth-order valence-corrected chi connectivity index (χ4v) is 6.43. The molecule has 1 aliphatic rings. The lowest BCUT2D eigenvalue weighted by Crippen LogP contribution is -2.33. The average Bonchev–Trinajstić information content (AvgIpc) is 3.04. The monoisotopic (exact) mass is 630 g/mol. The van der Waals surface area contributed by atoms with Gasteiger partial charge in [0, 0.05) is 31.8 Å². The Morgan fingerprint density at radius 1 is 0.911 bits per heavy atom. The molecule has 0 amide bonds. The standard InChI is InChI=1S/C35H38N2O7S/c1-24-27(11-8-12-30(24)25-9-6-5-7-10-25)23-43-28-20-33(41-3)31(34(21-28)42-4)22-37(2)18-17-36-45(39,40)29-14-15-32-26(19-29)13-16-35(38)44-32/h5-12,14-15,19-21,36H,13,16-18,22-23H2,1-4H3. The van der Waals surface area contributed by atoms with Crippen LogP contribution >= 0.6 is 0 Å². The lowest BCUT2D eigenvalue weighted by atomic mass is 9.97. The number of hydrogen-bond acceptors (Lipinski definition) is 8. The van der Waals surface area contributed by atoms with E-state index in [4.69, 9.17) is 18.9 Å². The lowest BCUT2D eigenvalue weighted by molar-refractivity contribution is -0.135. The highest BCUT2D eigenvalue weighted by Crippen LogP contribution is 2.36. The van der Waals surface area contributed by atoms with Crippen LogP contribution in [0, 0.1) is 6.92 Å². The van der Waals surface area contributed by atoms with Gasteiger partial charge in [-0.1, -0.05) is 48.5 Å². The number of carbonyl (C=O) groups is 1. The molecule has 45 heavy (non-hydrogen) atoms. The van der Waals surface area contributed by atoms with Crippen molar-refractivity contribution in [1.82, 2.24) is 9.62 Å². The van der Waals surface area contributed by atoms with E-state index in [-0.39, 0.29) is 23.8 Å². The van der Waals surface area contributed by atoms with Crippen molar-refractivity contribution in [3.8, 4) is 34.1 Å². The van der Waals surface area contributed by atoms with Crippen LogP contribution in [0.15, 0.2) is 83.8 Å². The molecule has 0 saturated carbocycles. The van der Waals surface area contributed by atoms with Crippen LogP contribution in [0.5, 0.6) is 23.0 Å². The normalized spacial score (nSPS) is 12.9. The molecule has 0 saturated heterocycles. The van der Waals surface area contributed by atoms with Crippen molar-refractivity contribution < 1.29 is 32.2 Å². The first kappa shape index (κ1) is 32.0. The molecule has 4 aromatic rings. The number of likely N-dealkylation sites (N-methyl/N-ethyl adjacent to an activating group) is 1. The highest BCUT2D eigenvalue weighted by Gasteiger charge is 2.22. The van der Waals surface area contributed by atoms with Gasteiger partial charge in [0.05, 0.1) is 31.1 Å². The molecule has 1 N–H and O–H groups in total. The van der Waals surface area contributed by atoms with Crippen LogP contribution in [-0.2, 0) is 34.4 Å². The van der Waals surface area contributed by atoms with E-state index in [0.29, 0.717) is 54.7 Å². The van der Waals surface area contributed by atoms with E-state index in [1.807, 2.05) is 48.3 Å². The molecular weight excluding hydrogens is 592 g/mol. The zero-order chi connectivity index (χ0) is 32.0. The van der Waals surface area contributed by atoms with Crippen molar-refractivity contribution >= 4 is 16.0 Å². The molecule has 9 nitrogen and oxygen atoms in total. The van der Waals surface area contributed by atoms with Gasteiger partial charge in [-0.25, -0.2) is 13.1 Å². The molecule has 236 valence electrons. The second kappa shape index (κ2) is 14.2. The third kappa shape index (κ3) is 7.65. The number of esters is 1. The third-order valence-corrected chi connectivity index (χ3v) is 9.34. The third-order valence-electron chi connectivity index (χ3n) is 7.88. The van der Waals surface area contributed by atoms with Crippen LogP contribution < -0.4 is 23.7 Å². The van der Waals surface area contributed by atoms with Gasteiger partial charge in [-0.15, -0.1) is 0 Å². The number of nitrogens with one attached hydrogen (secondary N) is 1. The molecule has 4 aromatic carbocycles. The van der Waals surface area contributed by atoms with Gasteiger partial charge in [0.25, 0.3) is 0 Å². The Balaban J connectivity index is 1.21. The number of carbonyl (C=O) groups excluding carboxylic acids is 1. The first-order chi connectivity index (χ1) is 21.7. The molecule has 1 heterocycles. The Hall–Kier alpha value is -4.38. The number of benzene rings is 4. The van der Waals surface area contributed by atoms with Crippen LogP contribution in [-0.4, -0.2) is 53.6 Å². The summed E-state index contributed by atoms with van der Waals surface area (Å²) in [6.07, 6.45) is 0.686. The fourth-order valence-electron chi connectivity index (χ4n) is 5.36. The van der Waals surface area contributed by atoms with E-state index in [2.05, 4.69) is 35.9 Å².